The number of benzene rings is 1. The summed E-state index contributed by atoms with van der Waals surface area (Å²) < 4.78 is 6.37. The molecule has 4 nitrogen and oxygen atoms in total. The van der Waals surface area contributed by atoms with Crippen molar-refractivity contribution in [1.82, 2.24) is 4.90 Å². The molecule has 6 heteroatoms. The maximum Gasteiger partial charge on any atom is 0.407 e. The first-order chi connectivity index (χ1) is 8.08. The van der Waals surface area contributed by atoms with E-state index < -0.39 is 6.09 Å². The van der Waals surface area contributed by atoms with Crippen LogP contribution >= 0.6 is 27.5 Å². The molecule has 1 fully saturated rings. The van der Waals surface area contributed by atoms with Crippen molar-refractivity contribution >= 4 is 33.6 Å². The Balaban J connectivity index is 2.16. The van der Waals surface area contributed by atoms with Crippen molar-refractivity contribution in [3.05, 3.63) is 33.3 Å². The molecule has 92 valence electrons. The molecule has 1 amide bonds. The summed E-state index contributed by atoms with van der Waals surface area (Å²) in [5, 5.41) is 9.53. The van der Waals surface area contributed by atoms with Gasteiger partial charge in [0, 0.05) is 11.0 Å². The van der Waals surface area contributed by atoms with E-state index in [1.807, 2.05) is 12.1 Å². The van der Waals surface area contributed by atoms with Crippen LogP contribution in [0.1, 0.15) is 11.7 Å². The van der Waals surface area contributed by atoms with Crippen LogP contribution in [0.25, 0.3) is 0 Å². The van der Waals surface area contributed by atoms with E-state index in [0.29, 0.717) is 24.7 Å². The van der Waals surface area contributed by atoms with Crippen LogP contribution < -0.4 is 0 Å². The van der Waals surface area contributed by atoms with E-state index in [2.05, 4.69) is 15.9 Å². The highest BCUT2D eigenvalue weighted by Crippen LogP contribution is 2.29. The van der Waals surface area contributed by atoms with Crippen molar-refractivity contribution in [2.24, 2.45) is 0 Å². The van der Waals surface area contributed by atoms with Gasteiger partial charge in [-0.15, -0.1) is 0 Å². The summed E-state index contributed by atoms with van der Waals surface area (Å²) in [6.07, 6.45) is -1.16. The molecule has 17 heavy (non-hydrogen) atoms. The maximum absolute atomic E-state index is 10.9. The molecule has 0 spiro atoms. The third-order valence-electron chi connectivity index (χ3n) is 2.65. The van der Waals surface area contributed by atoms with E-state index in [9.17, 15) is 4.79 Å². The maximum atomic E-state index is 10.9. The van der Waals surface area contributed by atoms with Crippen LogP contribution in [0.3, 0.4) is 0 Å². The average molecular weight is 321 g/mol. The van der Waals surface area contributed by atoms with E-state index in [0.717, 1.165) is 10.0 Å². The molecule has 1 aliphatic rings. The zero-order valence-corrected chi connectivity index (χ0v) is 11.2. The first-order valence-corrected chi connectivity index (χ1v) is 6.29. The van der Waals surface area contributed by atoms with Crippen molar-refractivity contribution in [2.75, 3.05) is 19.7 Å². The van der Waals surface area contributed by atoms with Gasteiger partial charge in [-0.1, -0.05) is 17.7 Å². The van der Waals surface area contributed by atoms with Crippen LogP contribution in [-0.4, -0.2) is 35.8 Å². The fourth-order valence-electron chi connectivity index (χ4n) is 1.74. The lowest BCUT2D eigenvalue weighted by atomic mass is 10.1. The van der Waals surface area contributed by atoms with Crippen LogP contribution in [0.2, 0.25) is 5.02 Å². The van der Waals surface area contributed by atoms with Gasteiger partial charge in [-0.05, 0) is 33.6 Å². The number of hydrogen-bond acceptors (Lipinski definition) is 2. The summed E-state index contributed by atoms with van der Waals surface area (Å²) in [5.74, 6) is 0. The molecule has 1 heterocycles. The smallest absolute Gasteiger partial charge is 0.407 e. The molecule has 1 aliphatic heterocycles. The van der Waals surface area contributed by atoms with Crippen LogP contribution in [0.15, 0.2) is 22.7 Å². The van der Waals surface area contributed by atoms with Gasteiger partial charge in [-0.25, -0.2) is 4.79 Å². The largest absolute Gasteiger partial charge is 0.465 e. The second-order valence-electron chi connectivity index (χ2n) is 3.76. The van der Waals surface area contributed by atoms with Crippen molar-refractivity contribution < 1.29 is 14.6 Å². The van der Waals surface area contributed by atoms with Gasteiger partial charge in [0.25, 0.3) is 0 Å². The Morgan fingerprint density at radius 3 is 3.00 bits per heavy atom. The van der Waals surface area contributed by atoms with E-state index in [1.165, 1.54) is 4.90 Å². The number of rotatable bonds is 1. The molecule has 1 N–H and O–H groups in total. The number of amides is 1. The van der Waals surface area contributed by atoms with Crippen LogP contribution in [-0.2, 0) is 4.74 Å². The molecule has 0 aliphatic carbocycles. The van der Waals surface area contributed by atoms with Crippen molar-refractivity contribution in [3.63, 3.8) is 0 Å². The Morgan fingerprint density at radius 1 is 1.59 bits per heavy atom. The number of morpholine rings is 1. The fourth-order valence-corrected chi connectivity index (χ4v) is 2.17. The lowest BCUT2D eigenvalue weighted by molar-refractivity contribution is -0.0232. The average Bonchev–Trinajstić information content (AvgIpc) is 2.33. The minimum Gasteiger partial charge on any atom is -0.465 e. The summed E-state index contributed by atoms with van der Waals surface area (Å²) >= 11 is 9.31. The lowest BCUT2D eigenvalue weighted by Gasteiger charge is -2.31. The van der Waals surface area contributed by atoms with Gasteiger partial charge in [0.2, 0.25) is 0 Å². The van der Waals surface area contributed by atoms with E-state index in [-0.39, 0.29) is 6.10 Å². The van der Waals surface area contributed by atoms with E-state index in [1.54, 1.807) is 6.07 Å². The number of nitrogens with zero attached hydrogens (tertiary/aromatic N) is 1. The standard InChI is InChI=1S/C11H11BrClNO3/c12-8-2-1-7(5-9(8)13)10-6-14(11(15)16)3-4-17-10/h1-2,5,10H,3-4,6H2,(H,15,16)/t10-/m1/s1. The third-order valence-corrected chi connectivity index (χ3v) is 3.88. The van der Waals surface area contributed by atoms with Gasteiger partial charge in [0.1, 0.15) is 6.10 Å². The Morgan fingerprint density at radius 2 is 2.35 bits per heavy atom. The second kappa shape index (κ2) is 5.25. The molecular weight excluding hydrogens is 309 g/mol. The molecule has 1 atom stereocenters. The topological polar surface area (TPSA) is 49.8 Å². The van der Waals surface area contributed by atoms with Crippen LogP contribution in [0.4, 0.5) is 4.79 Å². The molecular formula is C11H11BrClNO3. The number of halogens is 2. The molecule has 2 rings (SSSR count). The molecule has 1 saturated heterocycles. The minimum absolute atomic E-state index is 0.245. The summed E-state index contributed by atoms with van der Waals surface area (Å²) in [4.78, 5) is 12.2. The van der Waals surface area contributed by atoms with Crippen molar-refractivity contribution in [2.45, 2.75) is 6.10 Å². The highest BCUT2D eigenvalue weighted by atomic mass is 79.9. The predicted octanol–water partition coefficient (Wildman–Crippen LogP) is 3.15. The van der Waals surface area contributed by atoms with Gasteiger partial charge >= 0.3 is 6.09 Å². The van der Waals surface area contributed by atoms with Crippen molar-refractivity contribution in [1.29, 1.82) is 0 Å². The quantitative estimate of drug-likeness (QED) is 0.865. The highest BCUT2D eigenvalue weighted by molar-refractivity contribution is 9.10. The summed E-state index contributed by atoms with van der Waals surface area (Å²) in [6, 6.07) is 5.51. The molecule has 0 aromatic heterocycles. The molecule has 1 aromatic carbocycles. The second-order valence-corrected chi connectivity index (χ2v) is 5.02. The van der Waals surface area contributed by atoms with Crippen molar-refractivity contribution in [3.8, 4) is 0 Å². The lowest BCUT2D eigenvalue weighted by Crippen LogP contribution is -2.41. The molecule has 0 bridgehead atoms. The van der Waals surface area contributed by atoms with Gasteiger partial charge in [-0.2, -0.15) is 0 Å². The first kappa shape index (κ1) is 12.7. The Labute approximate surface area is 112 Å². The first-order valence-electron chi connectivity index (χ1n) is 5.12. The minimum atomic E-state index is -0.915. The summed E-state index contributed by atoms with van der Waals surface area (Å²) in [7, 11) is 0. The zero-order chi connectivity index (χ0) is 12.4. The third kappa shape index (κ3) is 2.91. The normalized spacial score (nSPS) is 20.4. The van der Waals surface area contributed by atoms with Crippen LogP contribution in [0, 0.1) is 0 Å². The van der Waals surface area contributed by atoms with Gasteiger partial charge in [-0.3, -0.25) is 0 Å². The monoisotopic (exact) mass is 319 g/mol. The van der Waals surface area contributed by atoms with E-state index in [4.69, 9.17) is 21.4 Å². The van der Waals surface area contributed by atoms with Crippen LogP contribution in [0.5, 0.6) is 0 Å². The summed E-state index contributed by atoms with van der Waals surface area (Å²) in [6.45, 7) is 1.16. The SMILES string of the molecule is O=C(O)N1CCO[C@@H](c2ccc(Br)c(Cl)c2)C1. The molecule has 0 radical (unpaired) electrons. The molecule has 0 saturated carbocycles. The van der Waals surface area contributed by atoms with Gasteiger partial charge in [0.15, 0.2) is 0 Å². The summed E-state index contributed by atoms with van der Waals surface area (Å²) in [5.41, 5.74) is 0.893. The fraction of sp³-hybridized carbons (Fsp3) is 0.364. The van der Waals surface area contributed by atoms with Gasteiger partial charge < -0.3 is 14.7 Å². The molecule has 0 unspecified atom stereocenters. The van der Waals surface area contributed by atoms with E-state index >= 15 is 0 Å². The number of carbonyl (C=O) groups is 1. The van der Waals surface area contributed by atoms with Gasteiger partial charge in [0.05, 0.1) is 18.2 Å². The number of ether oxygens (including phenoxy) is 1. The highest BCUT2D eigenvalue weighted by Gasteiger charge is 2.25. The Kier molecular flexibility index (Phi) is 3.91. The zero-order valence-electron chi connectivity index (χ0n) is 8.90. The molecule has 1 aromatic rings. The predicted molar refractivity (Wildman–Crippen MR) is 67.4 cm³/mol. The number of carboxylic acid groups (broad SMARTS) is 1. The number of hydrogen-bond donors (Lipinski definition) is 1. The Hall–Kier alpha value is -0.780. The Bertz CT molecular complexity index is 441.